The van der Waals surface area contributed by atoms with Gasteiger partial charge in [-0.05, 0) is 19.6 Å². The number of thioether (sulfide) groups is 1. The van der Waals surface area contributed by atoms with Gasteiger partial charge in [0.25, 0.3) is 0 Å². The summed E-state index contributed by atoms with van der Waals surface area (Å²) < 4.78 is 1.66. The van der Waals surface area contributed by atoms with E-state index in [1.54, 1.807) is 10.7 Å². The summed E-state index contributed by atoms with van der Waals surface area (Å²) in [4.78, 5) is 11.5. The van der Waals surface area contributed by atoms with Gasteiger partial charge in [-0.1, -0.05) is 18.7 Å². The van der Waals surface area contributed by atoms with E-state index in [-0.39, 0.29) is 11.2 Å². The number of carbonyl (C=O) groups excluding carboxylic acids is 1. The molecular weight excluding hydrogens is 198 g/mol. The van der Waals surface area contributed by atoms with Gasteiger partial charge in [0.15, 0.2) is 0 Å². The molecule has 0 bridgehead atoms. The lowest BCUT2D eigenvalue weighted by Crippen LogP contribution is -2.07. The summed E-state index contributed by atoms with van der Waals surface area (Å²) in [5.41, 5.74) is 6.16. The minimum Gasteiger partial charge on any atom is -0.384 e. The van der Waals surface area contributed by atoms with Crippen LogP contribution in [0.2, 0.25) is 0 Å². The fourth-order valence-electron chi connectivity index (χ4n) is 1.13. The second kappa shape index (κ2) is 4.50. The maximum atomic E-state index is 11.5. The van der Waals surface area contributed by atoms with Crippen molar-refractivity contribution >= 4 is 22.7 Å². The summed E-state index contributed by atoms with van der Waals surface area (Å²) in [6.07, 6.45) is 0. The van der Waals surface area contributed by atoms with Crippen LogP contribution < -0.4 is 5.73 Å². The average molecular weight is 213 g/mol. The molecule has 0 aliphatic heterocycles. The first kappa shape index (κ1) is 11.1. The Morgan fingerprint density at radius 3 is 2.79 bits per heavy atom. The van der Waals surface area contributed by atoms with Crippen molar-refractivity contribution in [1.29, 1.82) is 0 Å². The highest BCUT2D eigenvalue weighted by Crippen LogP contribution is 2.17. The smallest absolute Gasteiger partial charge is 0.239 e. The number of carbonyl (C=O) groups is 1. The molecule has 0 atom stereocenters. The second-order valence-corrected chi connectivity index (χ2v) is 4.45. The molecular formula is C9H15N3OS. The molecule has 1 aromatic rings. The highest BCUT2D eigenvalue weighted by molar-refractivity contribution is 8.14. The van der Waals surface area contributed by atoms with Crippen molar-refractivity contribution in [2.75, 3.05) is 11.5 Å². The third-order valence-corrected chi connectivity index (χ3v) is 2.50. The number of aromatic nitrogens is 2. The lowest BCUT2D eigenvalue weighted by Gasteiger charge is -2.06. The Morgan fingerprint density at radius 1 is 1.71 bits per heavy atom. The predicted octanol–water partition coefficient (Wildman–Crippen LogP) is 1.94. The Bertz CT molecular complexity index is 333. The van der Waals surface area contributed by atoms with Crippen molar-refractivity contribution in [2.45, 2.75) is 26.8 Å². The summed E-state index contributed by atoms with van der Waals surface area (Å²) in [6, 6.07) is 1.81. The van der Waals surface area contributed by atoms with Gasteiger partial charge in [-0.25, -0.2) is 4.68 Å². The van der Waals surface area contributed by atoms with Crippen LogP contribution in [0.25, 0.3) is 0 Å². The second-order valence-electron chi connectivity index (χ2n) is 3.21. The van der Waals surface area contributed by atoms with E-state index in [0.717, 1.165) is 5.75 Å². The van der Waals surface area contributed by atoms with Crippen LogP contribution in [0.15, 0.2) is 6.07 Å². The molecule has 0 unspecified atom stereocenters. The molecule has 0 amide bonds. The Labute approximate surface area is 87.9 Å². The summed E-state index contributed by atoms with van der Waals surface area (Å²) >= 11 is 1.25. The number of nitrogens with zero attached hydrogens (tertiary/aromatic N) is 2. The third-order valence-electron chi connectivity index (χ3n) is 1.74. The van der Waals surface area contributed by atoms with Gasteiger partial charge >= 0.3 is 0 Å². The quantitative estimate of drug-likeness (QED) is 0.833. The Balaban J connectivity index is 2.90. The van der Waals surface area contributed by atoms with E-state index in [2.05, 4.69) is 5.10 Å². The van der Waals surface area contributed by atoms with Crippen LogP contribution in [0, 0.1) is 0 Å². The SMILES string of the molecule is CCSC(=O)c1cc(N)n(C(C)C)n1. The minimum absolute atomic E-state index is 0.0152. The van der Waals surface area contributed by atoms with Crippen LogP contribution in [-0.4, -0.2) is 20.6 Å². The van der Waals surface area contributed by atoms with Gasteiger partial charge in [-0.2, -0.15) is 5.10 Å². The summed E-state index contributed by atoms with van der Waals surface area (Å²) in [5.74, 6) is 1.30. The van der Waals surface area contributed by atoms with E-state index in [1.807, 2.05) is 20.8 Å². The minimum atomic E-state index is -0.0152. The molecule has 1 rings (SSSR count). The zero-order valence-electron chi connectivity index (χ0n) is 8.65. The van der Waals surface area contributed by atoms with Crippen molar-refractivity contribution in [3.05, 3.63) is 11.8 Å². The van der Waals surface area contributed by atoms with E-state index in [4.69, 9.17) is 5.73 Å². The van der Waals surface area contributed by atoms with E-state index in [0.29, 0.717) is 11.5 Å². The molecule has 0 aromatic carbocycles. The molecule has 0 fully saturated rings. The summed E-state index contributed by atoms with van der Waals surface area (Å²) in [5, 5.41) is 4.13. The maximum Gasteiger partial charge on any atom is 0.239 e. The largest absolute Gasteiger partial charge is 0.384 e. The normalized spacial score (nSPS) is 10.9. The molecule has 0 spiro atoms. The topological polar surface area (TPSA) is 60.9 Å². The number of hydrogen-bond acceptors (Lipinski definition) is 4. The van der Waals surface area contributed by atoms with Crippen molar-refractivity contribution in [3.63, 3.8) is 0 Å². The van der Waals surface area contributed by atoms with Gasteiger partial charge in [0.1, 0.15) is 11.5 Å². The Hall–Kier alpha value is -0.970. The highest BCUT2D eigenvalue weighted by atomic mass is 32.2. The monoisotopic (exact) mass is 213 g/mol. The number of rotatable bonds is 3. The van der Waals surface area contributed by atoms with Crippen LogP contribution in [0.5, 0.6) is 0 Å². The molecule has 0 aliphatic rings. The summed E-state index contributed by atoms with van der Waals surface area (Å²) in [7, 11) is 0. The molecule has 1 aromatic heterocycles. The van der Waals surface area contributed by atoms with E-state index >= 15 is 0 Å². The fraction of sp³-hybridized carbons (Fsp3) is 0.556. The van der Waals surface area contributed by atoms with E-state index in [9.17, 15) is 4.79 Å². The molecule has 0 radical (unpaired) electrons. The molecule has 4 nitrogen and oxygen atoms in total. The standard InChI is InChI=1S/C9H15N3OS/c1-4-14-9(13)7-5-8(10)12(11-7)6(2)3/h5-6H,4,10H2,1-3H3. The molecule has 0 saturated carbocycles. The first-order valence-electron chi connectivity index (χ1n) is 4.58. The van der Waals surface area contributed by atoms with Crippen molar-refractivity contribution in [3.8, 4) is 0 Å². The molecule has 0 saturated heterocycles. The molecule has 14 heavy (non-hydrogen) atoms. The molecule has 0 aliphatic carbocycles. The van der Waals surface area contributed by atoms with Gasteiger partial charge < -0.3 is 5.73 Å². The van der Waals surface area contributed by atoms with E-state index < -0.39 is 0 Å². The van der Waals surface area contributed by atoms with Gasteiger partial charge in [0, 0.05) is 12.1 Å². The lowest BCUT2D eigenvalue weighted by atomic mass is 10.4. The highest BCUT2D eigenvalue weighted by Gasteiger charge is 2.13. The Morgan fingerprint density at radius 2 is 2.36 bits per heavy atom. The number of nitrogen functional groups attached to an aromatic ring is 1. The first-order valence-corrected chi connectivity index (χ1v) is 5.57. The first-order chi connectivity index (χ1) is 6.56. The van der Waals surface area contributed by atoms with Gasteiger partial charge in [0.05, 0.1) is 0 Å². The van der Waals surface area contributed by atoms with E-state index in [1.165, 1.54) is 11.8 Å². The van der Waals surface area contributed by atoms with Crippen LogP contribution in [0.3, 0.4) is 0 Å². The van der Waals surface area contributed by atoms with Crippen molar-refractivity contribution in [2.24, 2.45) is 0 Å². The number of hydrogen-bond donors (Lipinski definition) is 1. The molecule has 78 valence electrons. The van der Waals surface area contributed by atoms with Crippen LogP contribution in [0.4, 0.5) is 5.82 Å². The third kappa shape index (κ3) is 2.29. The Kier molecular flexibility index (Phi) is 3.57. The molecule has 2 N–H and O–H groups in total. The fourth-order valence-corrected chi connectivity index (χ4v) is 1.64. The lowest BCUT2D eigenvalue weighted by molar-refractivity contribution is 0.108. The van der Waals surface area contributed by atoms with Gasteiger partial charge in [0.2, 0.25) is 5.12 Å². The molecule has 5 heteroatoms. The van der Waals surface area contributed by atoms with Crippen molar-refractivity contribution in [1.82, 2.24) is 9.78 Å². The molecule has 1 heterocycles. The number of nitrogens with two attached hydrogens (primary N) is 1. The van der Waals surface area contributed by atoms with Crippen LogP contribution >= 0.6 is 11.8 Å². The van der Waals surface area contributed by atoms with Gasteiger partial charge in [-0.3, -0.25) is 4.79 Å². The van der Waals surface area contributed by atoms with Crippen molar-refractivity contribution < 1.29 is 4.79 Å². The zero-order valence-corrected chi connectivity index (χ0v) is 9.47. The predicted molar refractivity (Wildman–Crippen MR) is 59.5 cm³/mol. The number of anilines is 1. The van der Waals surface area contributed by atoms with Gasteiger partial charge in [-0.15, -0.1) is 0 Å². The maximum absolute atomic E-state index is 11.5. The van der Waals surface area contributed by atoms with Crippen LogP contribution in [-0.2, 0) is 0 Å². The average Bonchev–Trinajstić information content (AvgIpc) is 2.48. The van der Waals surface area contributed by atoms with Crippen LogP contribution in [0.1, 0.15) is 37.3 Å². The summed E-state index contributed by atoms with van der Waals surface area (Å²) in [6.45, 7) is 5.89. The zero-order chi connectivity index (χ0) is 10.7.